The van der Waals surface area contributed by atoms with Crippen LogP contribution in [0.1, 0.15) is 0 Å². The summed E-state index contributed by atoms with van der Waals surface area (Å²) < 4.78 is 60.5. The molecule has 160 valence electrons. The van der Waals surface area contributed by atoms with Crippen LogP contribution in [0, 0.1) is 0 Å². The van der Waals surface area contributed by atoms with E-state index in [0.717, 1.165) is 11.3 Å². The lowest BCUT2D eigenvalue weighted by Crippen LogP contribution is -2.17. The minimum absolute atomic E-state index is 0.0289. The van der Waals surface area contributed by atoms with Crippen LogP contribution in [0.3, 0.4) is 0 Å². The molecular weight excluding hydrogens is 515 g/mol. The summed E-state index contributed by atoms with van der Waals surface area (Å²) in [5.41, 5.74) is -0.211. The summed E-state index contributed by atoms with van der Waals surface area (Å²) in [5, 5.41) is 1.76. The van der Waals surface area contributed by atoms with Crippen molar-refractivity contribution in [2.75, 3.05) is 16.6 Å². The van der Waals surface area contributed by atoms with Gasteiger partial charge >= 0.3 is 0 Å². The lowest BCUT2D eigenvalue weighted by atomic mass is 10.3. The normalized spacial score (nSPS) is 11.9. The first kappa shape index (κ1) is 23.0. The molecule has 7 nitrogen and oxygen atoms in total. The fourth-order valence-electron chi connectivity index (χ4n) is 2.35. The van der Waals surface area contributed by atoms with E-state index in [-0.39, 0.29) is 35.5 Å². The monoisotopic (exact) mass is 526 g/mol. The second kappa shape index (κ2) is 8.81. The molecule has 0 atom stereocenters. The number of halogens is 3. The number of hydrogen-bond donors (Lipinski definition) is 2. The van der Waals surface area contributed by atoms with E-state index in [4.69, 9.17) is 39.5 Å². The molecule has 1 aromatic heterocycles. The Morgan fingerprint density at radius 1 is 0.833 bits per heavy atom. The Labute approximate surface area is 192 Å². The van der Waals surface area contributed by atoms with Gasteiger partial charge in [-0.15, -0.1) is 11.3 Å². The van der Waals surface area contributed by atoms with Crippen LogP contribution in [-0.2, 0) is 20.0 Å². The van der Waals surface area contributed by atoms with E-state index in [2.05, 4.69) is 9.44 Å². The van der Waals surface area contributed by atoms with Gasteiger partial charge in [0.25, 0.3) is 20.0 Å². The third kappa shape index (κ3) is 4.96. The highest BCUT2D eigenvalue weighted by Crippen LogP contribution is 2.36. The Bertz CT molecular complexity index is 1290. The van der Waals surface area contributed by atoms with Gasteiger partial charge in [-0.3, -0.25) is 9.44 Å². The largest absolute Gasteiger partial charge is 0.495 e. The number of ether oxygens (including phenoxy) is 1. The number of thiophene rings is 1. The Hall–Kier alpha value is -1.69. The van der Waals surface area contributed by atoms with Gasteiger partial charge in [-0.05, 0) is 41.8 Å². The van der Waals surface area contributed by atoms with Crippen LogP contribution in [0.4, 0.5) is 11.4 Å². The quantitative estimate of drug-likeness (QED) is 0.433. The lowest BCUT2D eigenvalue weighted by Gasteiger charge is -2.16. The maximum absolute atomic E-state index is 12.8. The Kier molecular flexibility index (Phi) is 6.75. The molecule has 2 N–H and O–H groups in total. The van der Waals surface area contributed by atoms with Gasteiger partial charge < -0.3 is 4.74 Å². The van der Waals surface area contributed by atoms with Crippen molar-refractivity contribution in [2.24, 2.45) is 0 Å². The van der Waals surface area contributed by atoms with Crippen molar-refractivity contribution in [2.45, 2.75) is 9.10 Å². The Morgan fingerprint density at radius 2 is 1.43 bits per heavy atom. The van der Waals surface area contributed by atoms with Crippen LogP contribution >= 0.6 is 46.1 Å². The lowest BCUT2D eigenvalue weighted by molar-refractivity contribution is 0.414. The van der Waals surface area contributed by atoms with Crippen molar-refractivity contribution in [3.05, 3.63) is 62.9 Å². The second-order valence-electron chi connectivity index (χ2n) is 5.75. The number of hydrogen-bond acceptors (Lipinski definition) is 6. The van der Waals surface area contributed by atoms with Crippen LogP contribution in [0.2, 0.25) is 15.1 Å². The molecule has 0 aliphatic carbocycles. The SMILES string of the molecule is COc1ccc(S(=O)(=O)Nc2cc(Cl)c(Cl)cc2NS(=O)(=O)c2cccs2)cc1Cl. The van der Waals surface area contributed by atoms with Crippen LogP contribution < -0.4 is 14.2 Å². The molecule has 0 saturated heterocycles. The van der Waals surface area contributed by atoms with Gasteiger partial charge in [0.05, 0.1) is 38.4 Å². The third-order valence-electron chi connectivity index (χ3n) is 3.74. The van der Waals surface area contributed by atoms with Gasteiger partial charge in [0.1, 0.15) is 9.96 Å². The maximum atomic E-state index is 12.8. The number of methoxy groups -OCH3 is 1. The van der Waals surface area contributed by atoms with E-state index in [0.29, 0.717) is 5.75 Å². The maximum Gasteiger partial charge on any atom is 0.271 e. The summed E-state index contributed by atoms with van der Waals surface area (Å²) in [4.78, 5) is -0.161. The summed E-state index contributed by atoms with van der Waals surface area (Å²) in [5.74, 6) is 0.301. The van der Waals surface area contributed by atoms with Gasteiger partial charge in [0.15, 0.2) is 0 Å². The molecule has 2 aromatic carbocycles. The molecule has 0 amide bonds. The molecule has 0 aliphatic rings. The van der Waals surface area contributed by atoms with Crippen LogP contribution in [0.25, 0.3) is 0 Å². The minimum Gasteiger partial charge on any atom is -0.495 e. The highest BCUT2D eigenvalue weighted by atomic mass is 35.5. The average molecular weight is 528 g/mol. The van der Waals surface area contributed by atoms with Crippen LogP contribution in [-0.4, -0.2) is 23.9 Å². The number of sulfonamides is 2. The average Bonchev–Trinajstić information content (AvgIpc) is 3.21. The molecule has 0 fully saturated rings. The molecule has 3 rings (SSSR count). The number of anilines is 2. The molecule has 0 unspecified atom stereocenters. The number of benzene rings is 2. The molecule has 13 heteroatoms. The second-order valence-corrected chi connectivity index (χ2v) is 11.5. The summed E-state index contributed by atoms with van der Waals surface area (Å²) in [6.45, 7) is 0. The fraction of sp³-hybridized carbons (Fsp3) is 0.0588. The predicted molar refractivity (Wildman–Crippen MR) is 120 cm³/mol. The highest BCUT2D eigenvalue weighted by molar-refractivity contribution is 7.94. The van der Waals surface area contributed by atoms with Crippen molar-refractivity contribution >= 4 is 77.6 Å². The first-order chi connectivity index (χ1) is 14.0. The Balaban J connectivity index is 2.01. The molecule has 0 bridgehead atoms. The predicted octanol–water partition coefficient (Wildman–Crippen LogP) is 5.32. The minimum atomic E-state index is -4.15. The number of nitrogens with one attached hydrogen (secondary N) is 2. The fourth-order valence-corrected chi connectivity index (χ4v) is 6.15. The molecule has 30 heavy (non-hydrogen) atoms. The summed E-state index contributed by atoms with van der Waals surface area (Å²) in [6, 6.07) is 9.30. The summed E-state index contributed by atoms with van der Waals surface area (Å²) in [6.07, 6.45) is 0. The zero-order valence-corrected chi connectivity index (χ0v) is 19.7. The van der Waals surface area contributed by atoms with Crippen molar-refractivity contribution in [1.82, 2.24) is 0 Å². The molecular formula is C17H13Cl3N2O5S3. The van der Waals surface area contributed by atoms with Gasteiger partial charge in [-0.2, -0.15) is 0 Å². The van der Waals surface area contributed by atoms with E-state index in [1.54, 1.807) is 11.4 Å². The van der Waals surface area contributed by atoms with E-state index in [1.807, 2.05) is 0 Å². The molecule has 0 aliphatic heterocycles. The zero-order valence-electron chi connectivity index (χ0n) is 15.0. The van der Waals surface area contributed by atoms with Crippen molar-refractivity contribution < 1.29 is 21.6 Å². The van der Waals surface area contributed by atoms with Crippen LogP contribution in [0.5, 0.6) is 5.75 Å². The molecule has 1 heterocycles. The first-order valence-corrected chi connectivity index (χ1v) is 12.9. The van der Waals surface area contributed by atoms with Crippen LogP contribution in [0.15, 0.2) is 56.9 Å². The van der Waals surface area contributed by atoms with Crippen molar-refractivity contribution in [3.8, 4) is 5.75 Å². The zero-order chi connectivity index (χ0) is 22.1. The van der Waals surface area contributed by atoms with Crippen molar-refractivity contribution in [3.63, 3.8) is 0 Å². The highest BCUT2D eigenvalue weighted by Gasteiger charge is 2.22. The van der Waals surface area contributed by atoms with Gasteiger partial charge in [-0.25, -0.2) is 16.8 Å². The van der Waals surface area contributed by atoms with Gasteiger partial charge in [0, 0.05) is 0 Å². The summed E-state index contributed by atoms with van der Waals surface area (Å²) in [7, 11) is -6.71. The van der Waals surface area contributed by atoms with Crippen molar-refractivity contribution in [1.29, 1.82) is 0 Å². The topological polar surface area (TPSA) is 102 Å². The van der Waals surface area contributed by atoms with Gasteiger partial charge in [0.2, 0.25) is 0 Å². The first-order valence-electron chi connectivity index (χ1n) is 7.95. The smallest absolute Gasteiger partial charge is 0.271 e. The van der Waals surface area contributed by atoms with E-state index < -0.39 is 20.0 Å². The Morgan fingerprint density at radius 3 is 1.93 bits per heavy atom. The number of rotatable bonds is 7. The molecule has 3 aromatic rings. The third-order valence-corrected chi connectivity index (χ3v) is 8.89. The summed E-state index contributed by atoms with van der Waals surface area (Å²) >= 11 is 19.0. The van der Waals surface area contributed by atoms with E-state index in [1.165, 1.54) is 43.5 Å². The van der Waals surface area contributed by atoms with E-state index in [9.17, 15) is 16.8 Å². The standard InChI is InChI=1S/C17H13Cl3N2O5S3/c1-27-16-5-4-10(7-13(16)20)29(23,24)21-14-8-11(18)12(19)9-15(14)22-30(25,26)17-3-2-6-28-17/h2-9,21-22H,1H3. The molecule has 0 spiro atoms. The van der Waals surface area contributed by atoms with Gasteiger partial charge in [-0.1, -0.05) is 40.9 Å². The molecule has 0 saturated carbocycles. The van der Waals surface area contributed by atoms with E-state index >= 15 is 0 Å². The molecule has 0 radical (unpaired) electrons.